The van der Waals surface area contributed by atoms with Crippen LogP contribution in [0.4, 0.5) is 4.39 Å². The van der Waals surface area contributed by atoms with Crippen molar-refractivity contribution in [2.75, 3.05) is 0 Å². The third kappa shape index (κ3) is 2.69. The average molecular weight is 342 g/mol. The van der Waals surface area contributed by atoms with Gasteiger partial charge in [-0.25, -0.2) is 14.4 Å². The highest BCUT2D eigenvalue weighted by molar-refractivity contribution is 6.41. The number of nitrogens with zero attached hydrogens (tertiary/aromatic N) is 2. The molecule has 3 aromatic rings. The van der Waals surface area contributed by atoms with Gasteiger partial charge in [0, 0.05) is 16.0 Å². The zero-order chi connectivity index (χ0) is 15.1. The number of rotatable bonds is 1. The van der Waals surface area contributed by atoms with Gasteiger partial charge < -0.3 is 0 Å². The molecule has 0 aliphatic heterocycles. The SMILES string of the molecule is Cc1cc(-c2nc(Cl)c3cc(Cl)cc(Cl)c3n2)ccc1F. The lowest BCUT2D eigenvalue weighted by Gasteiger charge is -2.07. The van der Waals surface area contributed by atoms with Crippen molar-refractivity contribution in [3.63, 3.8) is 0 Å². The Balaban J connectivity index is 2.27. The third-order valence-corrected chi connectivity index (χ3v) is 3.88. The van der Waals surface area contributed by atoms with Crippen LogP contribution in [0.1, 0.15) is 5.56 Å². The number of hydrogen-bond acceptors (Lipinski definition) is 2. The molecule has 0 radical (unpaired) electrons. The van der Waals surface area contributed by atoms with Crippen LogP contribution in [0.15, 0.2) is 30.3 Å². The van der Waals surface area contributed by atoms with Crippen molar-refractivity contribution in [2.24, 2.45) is 0 Å². The van der Waals surface area contributed by atoms with E-state index in [2.05, 4.69) is 9.97 Å². The van der Waals surface area contributed by atoms with Crippen LogP contribution in [0, 0.1) is 12.7 Å². The first-order chi connectivity index (χ1) is 9.95. The fraction of sp³-hybridized carbons (Fsp3) is 0.0667. The third-order valence-electron chi connectivity index (χ3n) is 3.09. The van der Waals surface area contributed by atoms with E-state index in [0.717, 1.165) is 0 Å². The average Bonchev–Trinajstić information content (AvgIpc) is 2.43. The number of fused-ring (bicyclic) bond motifs is 1. The molecular weight excluding hydrogens is 334 g/mol. The largest absolute Gasteiger partial charge is 0.226 e. The van der Waals surface area contributed by atoms with Crippen LogP contribution in [0.2, 0.25) is 15.2 Å². The van der Waals surface area contributed by atoms with E-state index in [9.17, 15) is 4.39 Å². The fourth-order valence-corrected chi connectivity index (χ4v) is 2.79. The molecule has 6 heteroatoms. The van der Waals surface area contributed by atoms with Gasteiger partial charge in [-0.3, -0.25) is 0 Å². The summed E-state index contributed by atoms with van der Waals surface area (Å²) in [4.78, 5) is 8.65. The number of halogens is 4. The van der Waals surface area contributed by atoms with Crippen molar-refractivity contribution in [3.05, 3.63) is 56.9 Å². The van der Waals surface area contributed by atoms with Crippen LogP contribution >= 0.6 is 34.8 Å². The van der Waals surface area contributed by atoms with Gasteiger partial charge in [0.2, 0.25) is 0 Å². The molecule has 0 aliphatic carbocycles. The predicted molar refractivity (Wildman–Crippen MR) is 84.7 cm³/mol. The number of aryl methyl sites for hydroxylation is 1. The summed E-state index contributed by atoms with van der Waals surface area (Å²) in [5, 5.41) is 1.68. The monoisotopic (exact) mass is 340 g/mol. The Morgan fingerprint density at radius 3 is 2.48 bits per heavy atom. The molecule has 0 saturated carbocycles. The second-order valence-corrected chi connectivity index (χ2v) is 5.79. The smallest absolute Gasteiger partial charge is 0.161 e. The van der Waals surface area contributed by atoms with E-state index in [-0.39, 0.29) is 11.0 Å². The van der Waals surface area contributed by atoms with E-state index in [0.29, 0.717) is 37.9 Å². The van der Waals surface area contributed by atoms with Gasteiger partial charge in [0.1, 0.15) is 11.0 Å². The van der Waals surface area contributed by atoms with Gasteiger partial charge in [0.25, 0.3) is 0 Å². The normalized spacial score (nSPS) is 11.1. The minimum atomic E-state index is -0.282. The molecule has 0 aliphatic rings. The molecule has 0 amide bonds. The van der Waals surface area contributed by atoms with Crippen molar-refractivity contribution >= 4 is 45.7 Å². The van der Waals surface area contributed by atoms with Crippen LogP contribution in [-0.2, 0) is 0 Å². The van der Waals surface area contributed by atoms with Crippen LogP contribution in [0.3, 0.4) is 0 Å². The van der Waals surface area contributed by atoms with E-state index in [1.165, 1.54) is 6.07 Å². The second-order valence-electron chi connectivity index (χ2n) is 4.59. The summed E-state index contributed by atoms with van der Waals surface area (Å²) < 4.78 is 13.4. The van der Waals surface area contributed by atoms with Gasteiger partial charge in [-0.2, -0.15) is 0 Å². The molecule has 0 bridgehead atoms. The molecule has 0 saturated heterocycles. The minimum Gasteiger partial charge on any atom is -0.226 e. The Bertz CT molecular complexity index is 865. The zero-order valence-electron chi connectivity index (χ0n) is 10.8. The first-order valence-corrected chi connectivity index (χ1v) is 7.18. The molecule has 21 heavy (non-hydrogen) atoms. The molecule has 1 aromatic heterocycles. The molecule has 0 N–H and O–H groups in total. The van der Waals surface area contributed by atoms with Crippen molar-refractivity contribution in [1.82, 2.24) is 9.97 Å². The van der Waals surface area contributed by atoms with Gasteiger partial charge >= 0.3 is 0 Å². The zero-order valence-corrected chi connectivity index (χ0v) is 13.1. The van der Waals surface area contributed by atoms with Gasteiger partial charge in [0.05, 0.1) is 10.5 Å². The molecule has 0 atom stereocenters. The number of benzene rings is 2. The molecule has 0 spiro atoms. The molecule has 106 valence electrons. The van der Waals surface area contributed by atoms with E-state index in [1.54, 1.807) is 31.2 Å². The molecule has 2 aromatic carbocycles. The topological polar surface area (TPSA) is 25.8 Å². The molecule has 3 rings (SSSR count). The van der Waals surface area contributed by atoms with Crippen molar-refractivity contribution in [2.45, 2.75) is 6.92 Å². The van der Waals surface area contributed by atoms with E-state index in [1.807, 2.05) is 0 Å². The Hall–Kier alpha value is -1.42. The second kappa shape index (κ2) is 5.41. The van der Waals surface area contributed by atoms with Gasteiger partial charge in [0.15, 0.2) is 5.82 Å². The first-order valence-electron chi connectivity index (χ1n) is 6.04. The maximum Gasteiger partial charge on any atom is 0.161 e. The minimum absolute atomic E-state index is 0.251. The van der Waals surface area contributed by atoms with Crippen LogP contribution in [-0.4, -0.2) is 9.97 Å². The van der Waals surface area contributed by atoms with Crippen LogP contribution in [0.25, 0.3) is 22.3 Å². The molecule has 0 unspecified atom stereocenters. The standard InChI is InChI=1S/C15H8Cl3FN2/c1-7-4-8(2-3-12(7)19)15-20-13-10(14(18)21-15)5-9(16)6-11(13)17/h2-6H,1H3. The first kappa shape index (κ1) is 14.5. The highest BCUT2D eigenvalue weighted by Gasteiger charge is 2.12. The Morgan fingerprint density at radius 1 is 1.00 bits per heavy atom. The lowest BCUT2D eigenvalue weighted by molar-refractivity contribution is 0.618. The summed E-state index contributed by atoms with van der Waals surface area (Å²) >= 11 is 18.3. The van der Waals surface area contributed by atoms with E-state index in [4.69, 9.17) is 34.8 Å². The number of hydrogen-bond donors (Lipinski definition) is 0. The summed E-state index contributed by atoms with van der Waals surface area (Å²) in [5.41, 5.74) is 1.69. The Kier molecular flexibility index (Phi) is 3.74. The highest BCUT2D eigenvalue weighted by Crippen LogP contribution is 2.32. The maximum atomic E-state index is 13.4. The van der Waals surface area contributed by atoms with Crippen LogP contribution in [0.5, 0.6) is 0 Å². The van der Waals surface area contributed by atoms with Crippen LogP contribution < -0.4 is 0 Å². The van der Waals surface area contributed by atoms with Gasteiger partial charge in [-0.1, -0.05) is 34.8 Å². The lowest BCUT2D eigenvalue weighted by Crippen LogP contribution is -1.94. The molecule has 0 fully saturated rings. The Morgan fingerprint density at radius 2 is 1.76 bits per heavy atom. The summed E-state index contributed by atoms with van der Waals surface area (Å²) in [7, 11) is 0. The van der Waals surface area contributed by atoms with E-state index < -0.39 is 0 Å². The summed E-state index contributed by atoms with van der Waals surface area (Å²) in [6.07, 6.45) is 0. The molecular formula is C15H8Cl3FN2. The van der Waals surface area contributed by atoms with Gasteiger partial charge in [-0.05, 0) is 42.8 Å². The summed E-state index contributed by atoms with van der Waals surface area (Å²) in [5.74, 6) is 0.107. The highest BCUT2D eigenvalue weighted by atomic mass is 35.5. The molecule has 2 nitrogen and oxygen atoms in total. The number of aromatic nitrogens is 2. The lowest BCUT2D eigenvalue weighted by atomic mass is 10.1. The predicted octanol–water partition coefficient (Wildman–Crippen LogP) is 5.70. The maximum absolute atomic E-state index is 13.4. The summed E-state index contributed by atoms with van der Waals surface area (Å²) in [6, 6.07) is 7.88. The van der Waals surface area contributed by atoms with Crippen molar-refractivity contribution in [3.8, 4) is 11.4 Å². The van der Waals surface area contributed by atoms with Crippen molar-refractivity contribution < 1.29 is 4.39 Å². The van der Waals surface area contributed by atoms with E-state index >= 15 is 0 Å². The molecule has 1 heterocycles. The van der Waals surface area contributed by atoms with Crippen molar-refractivity contribution in [1.29, 1.82) is 0 Å². The van der Waals surface area contributed by atoms with Gasteiger partial charge in [-0.15, -0.1) is 0 Å². The quantitative estimate of drug-likeness (QED) is 0.530. The fourth-order valence-electron chi connectivity index (χ4n) is 2.03. The Labute approximate surface area is 135 Å². The summed E-state index contributed by atoms with van der Waals surface area (Å²) in [6.45, 7) is 1.67.